The van der Waals surface area contributed by atoms with Crippen LogP contribution in [0.25, 0.3) is 0 Å². The van der Waals surface area contributed by atoms with Crippen LogP contribution in [0.1, 0.15) is 167 Å². The highest BCUT2D eigenvalue weighted by molar-refractivity contribution is 7.53. The molecule has 0 aliphatic heterocycles. The molecular formula is C41H72O9P2. The minimum Gasteiger partial charge on any atom is -0.395 e. The predicted octanol–water partition coefficient (Wildman–Crippen LogP) is 8.19. The van der Waals surface area contributed by atoms with Crippen LogP contribution >= 0.6 is 17.2 Å². The Bertz CT molecular complexity index is 1240. The second-order valence-corrected chi connectivity index (χ2v) is 20.1. The summed E-state index contributed by atoms with van der Waals surface area (Å²) >= 11 is 0. The van der Waals surface area contributed by atoms with E-state index in [-0.39, 0.29) is 21.7 Å². The third-order valence-corrected chi connectivity index (χ3v) is 11.0. The monoisotopic (exact) mass is 770 g/mol. The molecule has 0 atom stereocenters. The summed E-state index contributed by atoms with van der Waals surface area (Å²) in [4.78, 5) is 31.3. The number of aliphatic hydroxyl groups is 4. The van der Waals surface area contributed by atoms with Crippen LogP contribution in [0, 0.1) is 5.41 Å². The van der Waals surface area contributed by atoms with Crippen LogP contribution in [0.4, 0.5) is 0 Å². The maximum Gasteiger partial charge on any atom is 0.334 e. The van der Waals surface area contributed by atoms with Crippen LogP contribution in [-0.2, 0) is 44.4 Å². The quantitative estimate of drug-likeness (QED) is 0.0883. The zero-order chi connectivity index (χ0) is 40.7. The molecule has 11 heteroatoms. The number of rotatable bonds is 14. The molecule has 8 N–H and O–H groups in total. The molecule has 0 unspecified atom stereocenters. The fourth-order valence-electron chi connectivity index (χ4n) is 6.81. The van der Waals surface area contributed by atoms with Gasteiger partial charge in [-0.1, -0.05) is 134 Å². The van der Waals surface area contributed by atoms with E-state index in [1.807, 2.05) is 0 Å². The summed E-state index contributed by atoms with van der Waals surface area (Å²) in [5.41, 5.74) is 2.64. The molecule has 52 heavy (non-hydrogen) atoms. The van der Waals surface area contributed by atoms with Crippen molar-refractivity contribution in [2.24, 2.45) is 5.41 Å². The Morgan fingerprint density at radius 1 is 0.500 bits per heavy atom. The molecule has 300 valence electrons. The largest absolute Gasteiger partial charge is 0.395 e. The molecule has 0 fully saturated rings. The first-order chi connectivity index (χ1) is 23.6. The van der Waals surface area contributed by atoms with Gasteiger partial charge in [-0.2, -0.15) is 0 Å². The molecule has 0 saturated carbocycles. The Hall–Kier alpha value is -1.06. The van der Waals surface area contributed by atoms with E-state index in [2.05, 4.69) is 126 Å². The maximum atomic E-state index is 14.1. The molecule has 0 aliphatic carbocycles. The third kappa shape index (κ3) is 12.0. The van der Waals surface area contributed by atoms with Crippen molar-refractivity contribution in [1.82, 2.24) is 0 Å². The Labute approximate surface area is 317 Å². The number of aliphatic hydroxyl groups excluding tert-OH is 3. The van der Waals surface area contributed by atoms with Crippen LogP contribution in [-0.4, -0.2) is 59.8 Å². The Morgan fingerprint density at radius 2 is 0.750 bits per heavy atom. The lowest BCUT2D eigenvalue weighted by Gasteiger charge is -2.52. The molecule has 9 nitrogen and oxygen atoms in total. The summed E-state index contributed by atoms with van der Waals surface area (Å²) in [6.07, 6.45) is 6.15. The maximum absolute atomic E-state index is 14.1. The highest BCUT2D eigenvalue weighted by Gasteiger charge is 2.58. The molecule has 0 radical (unpaired) electrons. The number of benzene rings is 2. The van der Waals surface area contributed by atoms with Gasteiger partial charge in [-0.25, -0.2) is 4.31 Å². The second kappa shape index (κ2) is 19.2. The lowest BCUT2D eigenvalue weighted by Crippen LogP contribution is -2.57. The van der Waals surface area contributed by atoms with Gasteiger partial charge in [-0.05, 0) is 91.9 Å². The number of aryl methyl sites for hydroxylation is 2. The molecule has 2 rings (SSSR count). The lowest BCUT2D eigenvalue weighted by molar-refractivity contribution is -0.138. The highest BCUT2D eigenvalue weighted by atomic mass is 31.2. The Kier molecular flexibility index (Phi) is 18.1. The van der Waals surface area contributed by atoms with Gasteiger partial charge in [0.1, 0.15) is 5.60 Å². The van der Waals surface area contributed by atoms with Gasteiger partial charge in [0.05, 0.1) is 25.2 Å². The summed E-state index contributed by atoms with van der Waals surface area (Å²) in [5.74, 6) is 0. The van der Waals surface area contributed by atoms with E-state index >= 15 is 0 Å². The van der Waals surface area contributed by atoms with Crippen molar-refractivity contribution in [2.45, 2.75) is 163 Å². The third-order valence-electron chi connectivity index (χ3n) is 9.81. The zero-order valence-electron chi connectivity index (χ0n) is 34.6. The van der Waals surface area contributed by atoms with E-state index in [1.54, 1.807) is 0 Å². The fraction of sp³-hybridized carbons (Fsp3) is 0.707. The first-order valence-electron chi connectivity index (χ1n) is 18.6. The lowest BCUT2D eigenvalue weighted by atomic mass is 9.56. The minimum absolute atomic E-state index is 0.386. The van der Waals surface area contributed by atoms with Gasteiger partial charge in [0, 0.05) is 0 Å². The molecule has 0 aromatic heterocycles. The van der Waals surface area contributed by atoms with E-state index < -0.39 is 48.0 Å². The first kappa shape index (κ1) is 49.0. The Balaban J connectivity index is 0.00000174. The Morgan fingerprint density at radius 3 is 0.904 bits per heavy atom. The summed E-state index contributed by atoms with van der Waals surface area (Å²) in [7, 11) is -5.22. The molecule has 0 heterocycles. The van der Waals surface area contributed by atoms with Crippen LogP contribution in [0.15, 0.2) is 24.3 Å². The smallest absolute Gasteiger partial charge is 0.334 e. The van der Waals surface area contributed by atoms with Crippen molar-refractivity contribution < 1.29 is 44.3 Å². The van der Waals surface area contributed by atoms with Gasteiger partial charge >= 0.3 is 17.2 Å². The fourth-order valence-corrected chi connectivity index (χ4v) is 7.34. The van der Waals surface area contributed by atoms with Crippen molar-refractivity contribution in [2.75, 3.05) is 19.8 Å². The average molecular weight is 771 g/mol. The van der Waals surface area contributed by atoms with Crippen LogP contribution < -0.4 is 0 Å². The van der Waals surface area contributed by atoms with Gasteiger partial charge in [0.25, 0.3) is 0 Å². The van der Waals surface area contributed by atoms with Gasteiger partial charge in [0.2, 0.25) is 0 Å². The molecule has 0 amide bonds. The summed E-state index contributed by atoms with van der Waals surface area (Å²) in [6.45, 7) is 28.7. The van der Waals surface area contributed by atoms with E-state index in [4.69, 9.17) is 19.6 Å². The molecule has 2 aromatic carbocycles. The van der Waals surface area contributed by atoms with Gasteiger partial charge in [-0.15, -0.1) is 0 Å². The molecule has 0 bridgehead atoms. The van der Waals surface area contributed by atoms with E-state index in [0.717, 1.165) is 60.8 Å². The van der Waals surface area contributed by atoms with Crippen molar-refractivity contribution >= 4 is 17.2 Å². The molecular weight excluding hydrogens is 698 g/mol. The molecule has 0 spiro atoms. The standard InChI is InChI=1S/C41H68O4.H4O5P2/c1-15-17-19-28-21-30(36(3,4)5)34(31(22-28)37(6,7)8)41(45,40(25-42,26-43)27-44)35-32(38(9,10)11)23-29(20-18-16-2)24-33(35)39(12,13)14;1-6(2)5-7(3)4/h21-24,42-45H,15-20,25-27H2,1-14H3;1-4H. The zero-order valence-corrected chi connectivity index (χ0v) is 36.3. The molecule has 2 aromatic rings. The van der Waals surface area contributed by atoms with Crippen molar-refractivity contribution in [3.8, 4) is 0 Å². The SMILES string of the molecule is CCCCc1cc(C(C)(C)C)c(C(O)(c2c(C(C)(C)C)cc(CCCC)cc2C(C)(C)C)C(CO)(CO)CO)c(C(C)(C)C)c1.OP(O)OP(O)O. The summed E-state index contributed by atoms with van der Waals surface area (Å²) in [6, 6.07) is 8.97. The van der Waals surface area contributed by atoms with Crippen LogP contribution in [0.5, 0.6) is 0 Å². The minimum atomic E-state index is -2.61. The van der Waals surface area contributed by atoms with Crippen molar-refractivity contribution in [1.29, 1.82) is 0 Å². The summed E-state index contributed by atoms with van der Waals surface area (Å²) in [5, 5.41) is 47.9. The van der Waals surface area contributed by atoms with E-state index in [9.17, 15) is 20.4 Å². The topological polar surface area (TPSA) is 171 Å². The van der Waals surface area contributed by atoms with Gasteiger partial charge in [0.15, 0.2) is 0 Å². The number of hydrogen-bond donors (Lipinski definition) is 8. The predicted molar refractivity (Wildman–Crippen MR) is 215 cm³/mol. The normalized spacial score (nSPS) is 13.5. The van der Waals surface area contributed by atoms with Crippen LogP contribution in [0.3, 0.4) is 0 Å². The second-order valence-electron chi connectivity index (χ2n) is 18.4. The van der Waals surface area contributed by atoms with Gasteiger partial charge < -0.3 is 40.0 Å². The average Bonchev–Trinajstić information content (AvgIpc) is 3.00. The number of hydrogen-bond acceptors (Lipinski definition) is 9. The first-order valence-corrected chi connectivity index (χ1v) is 20.9. The van der Waals surface area contributed by atoms with E-state index in [0.29, 0.717) is 11.1 Å². The molecule has 0 saturated heterocycles. The molecule has 0 aliphatic rings. The van der Waals surface area contributed by atoms with E-state index in [1.165, 1.54) is 11.1 Å². The van der Waals surface area contributed by atoms with Gasteiger partial charge in [-0.3, -0.25) is 0 Å². The number of unbranched alkanes of at least 4 members (excludes halogenated alkanes) is 2. The summed E-state index contributed by atoms with van der Waals surface area (Å²) < 4.78 is 3.60. The van der Waals surface area contributed by atoms with Crippen LogP contribution in [0.2, 0.25) is 0 Å². The van der Waals surface area contributed by atoms with Crippen molar-refractivity contribution in [3.05, 3.63) is 68.8 Å². The van der Waals surface area contributed by atoms with Crippen molar-refractivity contribution in [3.63, 3.8) is 0 Å². The highest BCUT2D eigenvalue weighted by Crippen LogP contribution is 2.56.